The molecule has 0 aliphatic heterocycles. The number of aromatic nitrogens is 2. The van der Waals surface area contributed by atoms with Crippen LogP contribution in [0.4, 0.5) is 17.3 Å². The molecule has 0 aliphatic rings. The van der Waals surface area contributed by atoms with Gasteiger partial charge in [-0.05, 0) is 54.4 Å². The number of halogens is 2. The lowest BCUT2D eigenvalue weighted by atomic mass is 10.2. The first-order chi connectivity index (χ1) is 10.0. The minimum atomic E-state index is 0.675. The predicted molar refractivity (Wildman–Crippen MR) is 92.7 cm³/mol. The van der Waals surface area contributed by atoms with Gasteiger partial charge in [-0.2, -0.15) is 0 Å². The van der Waals surface area contributed by atoms with Crippen molar-refractivity contribution in [2.24, 2.45) is 0 Å². The second kappa shape index (κ2) is 7.09. The number of benzene rings is 1. The summed E-state index contributed by atoms with van der Waals surface area (Å²) in [5.41, 5.74) is 1.87. The van der Waals surface area contributed by atoms with E-state index in [1.807, 2.05) is 32.0 Å². The minimum Gasteiger partial charge on any atom is -0.370 e. The normalized spacial score (nSPS) is 10.5. The average molecular weight is 370 g/mol. The van der Waals surface area contributed by atoms with Crippen LogP contribution in [0, 0.1) is 13.8 Å². The first-order valence-electron chi connectivity index (χ1n) is 6.82. The van der Waals surface area contributed by atoms with Gasteiger partial charge in [0, 0.05) is 21.6 Å². The monoisotopic (exact) mass is 368 g/mol. The summed E-state index contributed by atoms with van der Waals surface area (Å²) in [6, 6.07) is 5.61. The van der Waals surface area contributed by atoms with Crippen LogP contribution in [0.5, 0.6) is 0 Å². The average Bonchev–Trinajstić information content (AvgIpc) is 2.44. The van der Waals surface area contributed by atoms with Crippen molar-refractivity contribution in [1.29, 1.82) is 0 Å². The molecule has 0 amide bonds. The topological polar surface area (TPSA) is 49.8 Å². The molecule has 0 bridgehead atoms. The van der Waals surface area contributed by atoms with Gasteiger partial charge in [-0.25, -0.2) is 9.97 Å². The molecule has 0 spiro atoms. The highest BCUT2D eigenvalue weighted by atomic mass is 79.9. The van der Waals surface area contributed by atoms with Crippen molar-refractivity contribution in [3.8, 4) is 0 Å². The van der Waals surface area contributed by atoms with E-state index < -0.39 is 0 Å². The lowest BCUT2D eigenvalue weighted by Crippen LogP contribution is -2.09. The molecule has 1 heterocycles. The molecule has 0 fully saturated rings. The highest BCUT2D eigenvalue weighted by Crippen LogP contribution is 2.30. The summed E-state index contributed by atoms with van der Waals surface area (Å²) >= 11 is 9.56. The first kappa shape index (κ1) is 16.0. The van der Waals surface area contributed by atoms with Crippen LogP contribution in [0.2, 0.25) is 5.02 Å². The van der Waals surface area contributed by atoms with Crippen LogP contribution < -0.4 is 10.6 Å². The molecule has 6 heteroatoms. The standard InChI is InChI=1S/C15H18BrClN4/c1-4-7-18-14-9(2)15(20-10(3)19-14)21-13-8-11(17)5-6-12(13)16/h5-6,8H,4,7H2,1-3H3,(H2,18,19,20,21). The highest BCUT2D eigenvalue weighted by molar-refractivity contribution is 9.10. The smallest absolute Gasteiger partial charge is 0.139 e. The molecule has 4 nitrogen and oxygen atoms in total. The Hall–Kier alpha value is -1.33. The van der Waals surface area contributed by atoms with E-state index >= 15 is 0 Å². The number of aryl methyl sites for hydroxylation is 1. The second-order valence-electron chi connectivity index (χ2n) is 4.77. The maximum atomic E-state index is 6.05. The molecule has 2 N–H and O–H groups in total. The second-order valence-corrected chi connectivity index (χ2v) is 6.06. The van der Waals surface area contributed by atoms with Gasteiger partial charge < -0.3 is 10.6 Å². The van der Waals surface area contributed by atoms with Crippen LogP contribution >= 0.6 is 27.5 Å². The van der Waals surface area contributed by atoms with Crippen LogP contribution in [0.1, 0.15) is 24.7 Å². The molecule has 2 rings (SSSR count). The number of rotatable bonds is 5. The summed E-state index contributed by atoms with van der Waals surface area (Å²) in [4.78, 5) is 8.93. The van der Waals surface area contributed by atoms with Gasteiger partial charge in [0.05, 0.1) is 5.69 Å². The zero-order valence-corrected chi connectivity index (χ0v) is 14.6. The van der Waals surface area contributed by atoms with E-state index in [2.05, 4.69) is 43.5 Å². The van der Waals surface area contributed by atoms with E-state index in [0.717, 1.165) is 46.1 Å². The van der Waals surface area contributed by atoms with Gasteiger partial charge in [0.1, 0.15) is 17.5 Å². The molecule has 21 heavy (non-hydrogen) atoms. The Kier molecular flexibility index (Phi) is 5.42. The summed E-state index contributed by atoms with van der Waals surface area (Å²) in [6.45, 7) is 6.89. The fourth-order valence-electron chi connectivity index (χ4n) is 1.89. The van der Waals surface area contributed by atoms with Crippen molar-refractivity contribution in [2.45, 2.75) is 27.2 Å². The molecule has 1 aromatic carbocycles. The fourth-order valence-corrected chi connectivity index (χ4v) is 2.40. The SMILES string of the molecule is CCCNc1nc(C)nc(Nc2cc(Cl)ccc2Br)c1C. The molecule has 2 aromatic rings. The molecule has 0 radical (unpaired) electrons. The van der Waals surface area contributed by atoms with Crippen molar-refractivity contribution in [3.63, 3.8) is 0 Å². The van der Waals surface area contributed by atoms with Crippen molar-refractivity contribution >= 4 is 44.9 Å². The van der Waals surface area contributed by atoms with Gasteiger partial charge in [0.2, 0.25) is 0 Å². The van der Waals surface area contributed by atoms with Crippen LogP contribution in [0.15, 0.2) is 22.7 Å². The molecule has 0 saturated heterocycles. The molecule has 0 unspecified atom stereocenters. The van der Waals surface area contributed by atoms with Gasteiger partial charge >= 0.3 is 0 Å². The zero-order valence-electron chi connectivity index (χ0n) is 12.3. The molecule has 0 aliphatic carbocycles. The quantitative estimate of drug-likeness (QED) is 0.772. The number of hydrogen-bond donors (Lipinski definition) is 2. The molecule has 112 valence electrons. The molecule has 0 atom stereocenters. The third kappa shape index (κ3) is 4.08. The van der Waals surface area contributed by atoms with Crippen LogP contribution in [-0.2, 0) is 0 Å². The van der Waals surface area contributed by atoms with Gasteiger partial charge in [-0.15, -0.1) is 0 Å². The van der Waals surface area contributed by atoms with Gasteiger partial charge in [0.25, 0.3) is 0 Å². The summed E-state index contributed by atoms with van der Waals surface area (Å²) in [6.07, 6.45) is 1.05. The molecule has 0 saturated carbocycles. The Balaban J connectivity index is 2.35. The van der Waals surface area contributed by atoms with Gasteiger partial charge in [-0.1, -0.05) is 18.5 Å². The molecular weight excluding hydrogens is 352 g/mol. The number of nitrogens with zero attached hydrogens (tertiary/aromatic N) is 2. The van der Waals surface area contributed by atoms with Crippen LogP contribution in [0.25, 0.3) is 0 Å². The number of hydrogen-bond acceptors (Lipinski definition) is 4. The molecule has 1 aromatic heterocycles. The third-order valence-corrected chi connectivity index (χ3v) is 3.91. The Bertz CT molecular complexity index is 646. The van der Waals surface area contributed by atoms with E-state index in [0.29, 0.717) is 5.02 Å². The van der Waals surface area contributed by atoms with E-state index in [9.17, 15) is 0 Å². The maximum absolute atomic E-state index is 6.05. The van der Waals surface area contributed by atoms with Crippen molar-refractivity contribution in [1.82, 2.24) is 9.97 Å². The Morgan fingerprint density at radius 2 is 1.90 bits per heavy atom. The van der Waals surface area contributed by atoms with E-state index in [1.54, 1.807) is 0 Å². The van der Waals surface area contributed by atoms with Crippen molar-refractivity contribution in [3.05, 3.63) is 39.1 Å². The highest BCUT2D eigenvalue weighted by Gasteiger charge is 2.10. The Morgan fingerprint density at radius 1 is 1.19 bits per heavy atom. The number of anilines is 3. The van der Waals surface area contributed by atoms with E-state index in [1.165, 1.54) is 0 Å². The summed E-state index contributed by atoms with van der Waals surface area (Å²) in [7, 11) is 0. The van der Waals surface area contributed by atoms with Crippen molar-refractivity contribution < 1.29 is 0 Å². The summed E-state index contributed by atoms with van der Waals surface area (Å²) < 4.78 is 0.936. The van der Waals surface area contributed by atoms with E-state index in [4.69, 9.17) is 11.6 Å². The largest absolute Gasteiger partial charge is 0.370 e. The lowest BCUT2D eigenvalue weighted by Gasteiger charge is -2.15. The fraction of sp³-hybridized carbons (Fsp3) is 0.333. The summed E-state index contributed by atoms with van der Waals surface area (Å²) in [5, 5.41) is 7.32. The lowest BCUT2D eigenvalue weighted by molar-refractivity contribution is 0.948. The van der Waals surface area contributed by atoms with Gasteiger partial charge in [0.15, 0.2) is 0 Å². The Labute approximate surface area is 138 Å². The molecular formula is C15H18BrClN4. The maximum Gasteiger partial charge on any atom is 0.139 e. The van der Waals surface area contributed by atoms with E-state index in [-0.39, 0.29) is 0 Å². The third-order valence-electron chi connectivity index (χ3n) is 2.98. The predicted octanol–water partition coefficient (Wildman–Crippen LogP) is 5.07. The number of nitrogens with one attached hydrogen (secondary N) is 2. The Morgan fingerprint density at radius 3 is 2.62 bits per heavy atom. The minimum absolute atomic E-state index is 0.675. The van der Waals surface area contributed by atoms with Crippen LogP contribution in [-0.4, -0.2) is 16.5 Å². The van der Waals surface area contributed by atoms with Crippen LogP contribution in [0.3, 0.4) is 0 Å². The van der Waals surface area contributed by atoms with Crippen molar-refractivity contribution in [2.75, 3.05) is 17.2 Å². The summed E-state index contributed by atoms with van der Waals surface area (Å²) in [5.74, 6) is 2.37. The zero-order chi connectivity index (χ0) is 15.4. The first-order valence-corrected chi connectivity index (χ1v) is 7.99. The van der Waals surface area contributed by atoms with Gasteiger partial charge in [-0.3, -0.25) is 0 Å².